The van der Waals surface area contributed by atoms with E-state index in [0.29, 0.717) is 6.54 Å². The zero-order valence-electron chi connectivity index (χ0n) is 12.3. The summed E-state index contributed by atoms with van der Waals surface area (Å²) in [6.45, 7) is 4.65. The van der Waals surface area contributed by atoms with E-state index < -0.39 is 0 Å². The number of carbonyl (C=O) groups is 2. The van der Waals surface area contributed by atoms with E-state index in [1.54, 1.807) is 0 Å². The van der Waals surface area contributed by atoms with Crippen LogP contribution in [0.3, 0.4) is 0 Å². The van der Waals surface area contributed by atoms with E-state index >= 15 is 0 Å². The summed E-state index contributed by atoms with van der Waals surface area (Å²) >= 11 is 0. The molecule has 1 saturated heterocycles. The molecule has 1 fully saturated rings. The van der Waals surface area contributed by atoms with Gasteiger partial charge in [0.25, 0.3) is 0 Å². The first kappa shape index (κ1) is 15.5. The van der Waals surface area contributed by atoms with E-state index in [9.17, 15) is 9.59 Å². The fourth-order valence-corrected chi connectivity index (χ4v) is 2.45. The van der Waals surface area contributed by atoms with Crippen molar-refractivity contribution in [2.75, 3.05) is 19.6 Å². The molecular formula is C15H22N4O2. The van der Waals surface area contributed by atoms with Crippen molar-refractivity contribution in [2.24, 2.45) is 5.84 Å². The number of rotatable bonds is 4. The van der Waals surface area contributed by atoms with Gasteiger partial charge in [-0.1, -0.05) is 24.3 Å². The number of hydrazine groups is 1. The van der Waals surface area contributed by atoms with E-state index in [2.05, 4.69) is 15.6 Å². The average molecular weight is 290 g/mol. The van der Waals surface area contributed by atoms with Crippen LogP contribution in [0, 0.1) is 0 Å². The van der Waals surface area contributed by atoms with Gasteiger partial charge in [0.15, 0.2) is 0 Å². The standard InChI is InChI=1S/C15H22N4O2/c1-11(15(21)18-16)13-5-3-12(4-6-13)9-19-8-2-7-17-14(20)10-19/h3-6,11H,2,7-10,16H2,1H3,(H,17,20)(H,18,21). The Morgan fingerprint density at radius 1 is 1.43 bits per heavy atom. The molecule has 2 amide bonds. The third-order valence-electron chi connectivity index (χ3n) is 3.76. The van der Waals surface area contributed by atoms with Gasteiger partial charge in [-0.15, -0.1) is 0 Å². The number of hydrogen-bond acceptors (Lipinski definition) is 4. The largest absolute Gasteiger partial charge is 0.355 e. The molecule has 0 radical (unpaired) electrons. The second kappa shape index (κ2) is 7.19. The maximum Gasteiger partial charge on any atom is 0.241 e. The first-order valence-electron chi connectivity index (χ1n) is 7.18. The van der Waals surface area contributed by atoms with Crippen molar-refractivity contribution in [1.82, 2.24) is 15.6 Å². The molecule has 1 aromatic rings. The number of hydrogen-bond donors (Lipinski definition) is 3. The highest BCUT2D eigenvalue weighted by molar-refractivity contribution is 5.82. The van der Waals surface area contributed by atoms with E-state index in [0.717, 1.165) is 37.2 Å². The Hall–Kier alpha value is -1.92. The number of amides is 2. The highest BCUT2D eigenvalue weighted by atomic mass is 16.2. The summed E-state index contributed by atoms with van der Waals surface area (Å²) in [6, 6.07) is 7.87. The summed E-state index contributed by atoms with van der Waals surface area (Å²) in [4.78, 5) is 25.2. The summed E-state index contributed by atoms with van der Waals surface area (Å²) < 4.78 is 0. The number of nitrogens with one attached hydrogen (secondary N) is 2. The summed E-state index contributed by atoms with van der Waals surface area (Å²) in [5, 5.41) is 2.87. The minimum absolute atomic E-state index is 0.0809. The van der Waals surface area contributed by atoms with Gasteiger partial charge in [-0.3, -0.25) is 19.9 Å². The third kappa shape index (κ3) is 4.27. The van der Waals surface area contributed by atoms with Crippen LogP contribution in [0.15, 0.2) is 24.3 Å². The minimum atomic E-state index is -0.270. The molecule has 0 saturated carbocycles. The average Bonchev–Trinajstić information content (AvgIpc) is 2.70. The van der Waals surface area contributed by atoms with Gasteiger partial charge in [0.1, 0.15) is 0 Å². The normalized spacial score (nSPS) is 17.7. The minimum Gasteiger partial charge on any atom is -0.355 e. The van der Waals surface area contributed by atoms with Gasteiger partial charge in [0, 0.05) is 19.6 Å². The van der Waals surface area contributed by atoms with Crippen LogP contribution in [0.25, 0.3) is 0 Å². The third-order valence-corrected chi connectivity index (χ3v) is 3.76. The molecule has 2 rings (SSSR count). The van der Waals surface area contributed by atoms with Crippen molar-refractivity contribution >= 4 is 11.8 Å². The van der Waals surface area contributed by atoms with Crippen LogP contribution < -0.4 is 16.6 Å². The predicted molar refractivity (Wildman–Crippen MR) is 80.1 cm³/mol. The topological polar surface area (TPSA) is 87.5 Å². The van der Waals surface area contributed by atoms with Crippen molar-refractivity contribution in [3.8, 4) is 0 Å². The van der Waals surface area contributed by atoms with Crippen LogP contribution >= 0.6 is 0 Å². The summed E-state index contributed by atoms with van der Waals surface area (Å²) in [6.07, 6.45) is 0.970. The molecule has 114 valence electrons. The summed E-state index contributed by atoms with van der Waals surface area (Å²) in [7, 11) is 0. The van der Waals surface area contributed by atoms with Crippen LogP contribution in [0.4, 0.5) is 0 Å². The van der Waals surface area contributed by atoms with Crippen LogP contribution in [0.5, 0.6) is 0 Å². The predicted octanol–water partition coefficient (Wildman–Crippen LogP) is 0.102. The summed E-state index contributed by atoms with van der Waals surface area (Å²) in [5.41, 5.74) is 4.22. The van der Waals surface area contributed by atoms with Crippen LogP contribution in [-0.2, 0) is 16.1 Å². The lowest BCUT2D eigenvalue weighted by atomic mass is 9.99. The number of carbonyl (C=O) groups excluding carboxylic acids is 2. The molecule has 1 aromatic carbocycles. The van der Waals surface area contributed by atoms with E-state index in [-0.39, 0.29) is 17.7 Å². The van der Waals surface area contributed by atoms with Gasteiger partial charge in [-0.2, -0.15) is 0 Å². The number of nitrogens with zero attached hydrogens (tertiary/aromatic N) is 1. The molecule has 1 atom stereocenters. The smallest absolute Gasteiger partial charge is 0.241 e. The molecule has 1 aliphatic heterocycles. The fourth-order valence-electron chi connectivity index (χ4n) is 2.45. The Morgan fingerprint density at radius 2 is 2.14 bits per heavy atom. The van der Waals surface area contributed by atoms with E-state index in [4.69, 9.17) is 5.84 Å². The van der Waals surface area contributed by atoms with E-state index in [1.165, 1.54) is 0 Å². The Morgan fingerprint density at radius 3 is 2.81 bits per heavy atom. The molecule has 21 heavy (non-hydrogen) atoms. The monoisotopic (exact) mass is 290 g/mol. The number of benzene rings is 1. The second-order valence-corrected chi connectivity index (χ2v) is 5.39. The Balaban J connectivity index is 1.98. The van der Waals surface area contributed by atoms with Gasteiger partial charge in [0.2, 0.25) is 11.8 Å². The Bertz CT molecular complexity index is 501. The maximum absolute atomic E-state index is 11.5. The molecule has 1 aliphatic rings. The molecule has 1 heterocycles. The zero-order valence-corrected chi connectivity index (χ0v) is 12.3. The first-order valence-corrected chi connectivity index (χ1v) is 7.18. The molecule has 0 aliphatic carbocycles. The zero-order chi connectivity index (χ0) is 15.2. The lowest BCUT2D eigenvalue weighted by molar-refractivity contribution is -0.122. The SMILES string of the molecule is CC(C(=O)NN)c1ccc(CN2CCCNC(=O)C2)cc1. The maximum atomic E-state index is 11.5. The van der Waals surface area contributed by atoms with Gasteiger partial charge >= 0.3 is 0 Å². The molecule has 0 aromatic heterocycles. The van der Waals surface area contributed by atoms with Gasteiger partial charge < -0.3 is 5.32 Å². The fraction of sp³-hybridized carbons (Fsp3) is 0.467. The first-order chi connectivity index (χ1) is 10.1. The van der Waals surface area contributed by atoms with Crippen LogP contribution in [0.2, 0.25) is 0 Å². The molecule has 0 spiro atoms. The molecule has 4 N–H and O–H groups in total. The molecular weight excluding hydrogens is 268 g/mol. The lowest BCUT2D eigenvalue weighted by Gasteiger charge is -2.19. The van der Waals surface area contributed by atoms with Gasteiger partial charge in [-0.25, -0.2) is 5.84 Å². The van der Waals surface area contributed by atoms with Crippen LogP contribution in [0.1, 0.15) is 30.4 Å². The quantitative estimate of drug-likeness (QED) is 0.417. The van der Waals surface area contributed by atoms with Crippen molar-refractivity contribution in [3.63, 3.8) is 0 Å². The van der Waals surface area contributed by atoms with Crippen molar-refractivity contribution < 1.29 is 9.59 Å². The summed E-state index contributed by atoms with van der Waals surface area (Å²) in [5.74, 6) is 4.76. The lowest BCUT2D eigenvalue weighted by Crippen LogP contribution is -2.33. The van der Waals surface area contributed by atoms with Crippen molar-refractivity contribution in [2.45, 2.75) is 25.8 Å². The van der Waals surface area contributed by atoms with Crippen molar-refractivity contribution in [1.29, 1.82) is 0 Å². The number of nitrogens with two attached hydrogens (primary N) is 1. The molecule has 6 heteroatoms. The molecule has 0 bridgehead atoms. The Labute approximate surface area is 124 Å². The molecule has 1 unspecified atom stereocenters. The van der Waals surface area contributed by atoms with Crippen molar-refractivity contribution in [3.05, 3.63) is 35.4 Å². The highest BCUT2D eigenvalue weighted by Gasteiger charge is 2.16. The molecule has 6 nitrogen and oxygen atoms in total. The highest BCUT2D eigenvalue weighted by Crippen LogP contribution is 2.17. The Kier molecular flexibility index (Phi) is 5.30. The second-order valence-electron chi connectivity index (χ2n) is 5.39. The van der Waals surface area contributed by atoms with Crippen LogP contribution in [-0.4, -0.2) is 36.3 Å². The van der Waals surface area contributed by atoms with Gasteiger partial charge in [-0.05, 0) is 24.5 Å². The van der Waals surface area contributed by atoms with Gasteiger partial charge in [0.05, 0.1) is 12.5 Å². The van der Waals surface area contributed by atoms with E-state index in [1.807, 2.05) is 31.2 Å².